The second-order valence-electron chi connectivity index (χ2n) is 6.18. The molecule has 3 rings (SSSR count). The molecule has 7 nitrogen and oxygen atoms in total. The van der Waals surface area contributed by atoms with Crippen molar-refractivity contribution in [1.82, 2.24) is 9.78 Å². The van der Waals surface area contributed by atoms with Crippen molar-refractivity contribution in [3.8, 4) is 5.69 Å². The Balaban J connectivity index is 1.71. The fourth-order valence-electron chi connectivity index (χ4n) is 2.46. The number of nitrogens with zero attached hydrogens (tertiary/aromatic N) is 2. The predicted octanol–water partition coefficient (Wildman–Crippen LogP) is 2.95. The van der Waals surface area contributed by atoms with Crippen molar-refractivity contribution in [3.05, 3.63) is 41.7 Å². The van der Waals surface area contributed by atoms with Crippen molar-refractivity contribution in [3.63, 3.8) is 0 Å². The fraction of sp³-hybridized carbons (Fsp3) is 0.353. The lowest BCUT2D eigenvalue weighted by Crippen LogP contribution is -2.19. The molecule has 2 N–H and O–H groups in total. The van der Waals surface area contributed by atoms with Gasteiger partial charge >= 0.3 is 12.1 Å². The van der Waals surface area contributed by atoms with Gasteiger partial charge in [0, 0.05) is 5.69 Å². The number of carboxylic acids is 1. The molecular weight excluding hydrogens is 367 g/mol. The van der Waals surface area contributed by atoms with Gasteiger partial charge in [-0.25, -0.2) is 9.48 Å². The molecule has 0 atom stereocenters. The van der Waals surface area contributed by atoms with Gasteiger partial charge in [0.1, 0.15) is 12.2 Å². The molecule has 10 heteroatoms. The lowest BCUT2D eigenvalue weighted by Gasteiger charge is -2.12. The van der Waals surface area contributed by atoms with Crippen molar-refractivity contribution in [2.24, 2.45) is 5.92 Å². The summed E-state index contributed by atoms with van der Waals surface area (Å²) in [5.74, 6) is -1.56. The maximum Gasteiger partial charge on any atom is 0.434 e. The number of carboxylic acid groups (broad SMARTS) is 1. The number of anilines is 1. The van der Waals surface area contributed by atoms with E-state index in [4.69, 9.17) is 9.84 Å². The number of aromatic carboxylic acids is 1. The zero-order valence-corrected chi connectivity index (χ0v) is 14.0. The zero-order chi connectivity index (χ0) is 19.6. The van der Waals surface area contributed by atoms with Crippen LogP contribution in [0.5, 0.6) is 0 Å². The van der Waals surface area contributed by atoms with Crippen molar-refractivity contribution in [1.29, 1.82) is 0 Å². The minimum atomic E-state index is -4.89. The summed E-state index contributed by atoms with van der Waals surface area (Å²) in [6, 6.07) is 5.40. The molecule has 0 unspecified atom stereocenters. The SMILES string of the molecule is O=C(COCC1CC1)Nc1ccc(-n2ncc(C(=O)O)c2C(F)(F)F)cc1. The van der Waals surface area contributed by atoms with Crippen LogP contribution in [0.2, 0.25) is 0 Å². The van der Waals surface area contributed by atoms with E-state index >= 15 is 0 Å². The van der Waals surface area contributed by atoms with Crippen LogP contribution in [0.25, 0.3) is 5.69 Å². The minimum Gasteiger partial charge on any atom is -0.478 e. The van der Waals surface area contributed by atoms with Crippen LogP contribution in [0.15, 0.2) is 30.5 Å². The minimum absolute atomic E-state index is 0.0119. The van der Waals surface area contributed by atoms with Crippen molar-refractivity contribution < 1.29 is 32.6 Å². The molecule has 1 saturated carbocycles. The van der Waals surface area contributed by atoms with Gasteiger partial charge in [-0.05, 0) is 43.0 Å². The number of benzene rings is 1. The smallest absolute Gasteiger partial charge is 0.434 e. The Morgan fingerprint density at radius 3 is 2.48 bits per heavy atom. The van der Waals surface area contributed by atoms with Gasteiger partial charge in [0.15, 0.2) is 5.69 Å². The molecule has 0 spiro atoms. The summed E-state index contributed by atoms with van der Waals surface area (Å²) in [5.41, 5.74) is -1.93. The van der Waals surface area contributed by atoms with Crippen LogP contribution < -0.4 is 5.32 Å². The fourth-order valence-corrected chi connectivity index (χ4v) is 2.46. The number of ether oxygens (including phenoxy) is 1. The molecule has 1 fully saturated rings. The summed E-state index contributed by atoms with van der Waals surface area (Å²) in [4.78, 5) is 22.8. The van der Waals surface area contributed by atoms with Crippen molar-refractivity contribution in [2.45, 2.75) is 19.0 Å². The number of nitrogens with one attached hydrogen (secondary N) is 1. The first-order valence-electron chi connectivity index (χ1n) is 8.12. The molecule has 1 amide bonds. The van der Waals surface area contributed by atoms with Gasteiger partial charge in [-0.1, -0.05) is 0 Å². The first-order chi connectivity index (χ1) is 12.8. The van der Waals surface area contributed by atoms with Gasteiger partial charge in [-0.2, -0.15) is 18.3 Å². The summed E-state index contributed by atoms with van der Waals surface area (Å²) in [5, 5.41) is 15.0. The Morgan fingerprint density at radius 2 is 1.93 bits per heavy atom. The third-order valence-corrected chi connectivity index (χ3v) is 3.95. The van der Waals surface area contributed by atoms with Gasteiger partial charge in [-0.15, -0.1) is 0 Å². The average molecular weight is 383 g/mol. The highest BCUT2D eigenvalue weighted by Crippen LogP contribution is 2.33. The highest BCUT2D eigenvalue weighted by Gasteiger charge is 2.40. The predicted molar refractivity (Wildman–Crippen MR) is 87.7 cm³/mol. The van der Waals surface area contributed by atoms with E-state index in [0.29, 0.717) is 29.1 Å². The Bertz CT molecular complexity index is 842. The van der Waals surface area contributed by atoms with Crippen LogP contribution in [0, 0.1) is 5.92 Å². The summed E-state index contributed by atoms with van der Waals surface area (Å²) < 4.78 is 45.4. The van der Waals surface area contributed by atoms with Crippen LogP contribution in [0.4, 0.5) is 18.9 Å². The first kappa shape index (κ1) is 18.9. The molecule has 0 radical (unpaired) electrons. The molecule has 1 aromatic heterocycles. The van der Waals surface area contributed by atoms with Crippen LogP contribution in [-0.2, 0) is 15.7 Å². The molecule has 144 valence electrons. The number of hydrogen-bond donors (Lipinski definition) is 2. The standard InChI is InChI=1S/C17H16F3N3O4/c18-17(19,20)15-13(16(25)26)7-21-23(15)12-5-3-11(4-6-12)22-14(24)9-27-8-10-1-2-10/h3-7,10H,1-2,8-9H2,(H,22,24)(H,25,26). The number of aromatic nitrogens is 2. The van der Waals surface area contributed by atoms with Crippen molar-refractivity contribution >= 4 is 17.6 Å². The highest BCUT2D eigenvalue weighted by molar-refractivity contribution is 5.91. The van der Waals surface area contributed by atoms with Gasteiger partial charge in [0.05, 0.1) is 18.5 Å². The van der Waals surface area contributed by atoms with E-state index < -0.39 is 23.4 Å². The average Bonchev–Trinajstić information content (AvgIpc) is 3.28. The second kappa shape index (κ2) is 7.39. The van der Waals surface area contributed by atoms with Crippen LogP contribution >= 0.6 is 0 Å². The normalized spacial score (nSPS) is 14.2. The maximum atomic E-state index is 13.2. The third-order valence-electron chi connectivity index (χ3n) is 3.95. The number of amides is 1. The van der Waals surface area contributed by atoms with Crippen LogP contribution in [0.3, 0.4) is 0 Å². The van der Waals surface area contributed by atoms with E-state index in [2.05, 4.69) is 10.4 Å². The Hall–Kier alpha value is -2.88. The maximum absolute atomic E-state index is 13.2. The molecule has 0 saturated heterocycles. The zero-order valence-electron chi connectivity index (χ0n) is 14.0. The van der Waals surface area contributed by atoms with E-state index in [1.165, 1.54) is 24.3 Å². The monoisotopic (exact) mass is 383 g/mol. The lowest BCUT2D eigenvalue weighted by atomic mass is 10.2. The molecule has 1 aliphatic carbocycles. The second-order valence-corrected chi connectivity index (χ2v) is 6.18. The molecule has 1 aromatic carbocycles. The summed E-state index contributed by atoms with van der Waals surface area (Å²) in [6.45, 7) is 0.440. The molecule has 2 aromatic rings. The van der Waals surface area contributed by atoms with Crippen molar-refractivity contribution in [2.75, 3.05) is 18.5 Å². The van der Waals surface area contributed by atoms with Crippen LogP contribution in [-0.4, -0.2) is 40.0 Å². The molecule has 27 heavy (non-hydrogen) atoms. The summed E-state index contributed by atoms with van der Waals surface area (Å²) in [7, 11) is 0. The van der Waals surface area contributed by atoms with E-state index in [0.717, 1.165) is 12.8 Å². The van der Waals surface area contributed by atoms with E-state index in [1.54, 1.807) is 0 Å². The molecule has 1 aliphatic rings. The molecule has 1 heterocycles. The van der Waals surface area contributed by atoms with E-state index in [1.807, 2.05) is 0 Å². The van der Waals surface area contributed by atoms with E-state index in [-0.39, 0.29) is 18.2 Å². The Morgan fingerprint density at radius 1 is 1.26 bits per heavy atom. The highest BCUT2D eigenvalue weighted by atomic mass is 19.4. The molecule has 0 bridgehead atoms. The number of carbonyl (C=O) groups excluding carboxylic acids is 1. The topological polar surface area (TPSA) is 93.5 Å². The van der Waals surface area contributed by atoms with E-state index in [9.17, 15) is 22.8 Å². The van der Waals surface area contributed by atoms with Gasteiger partial charge in [0.25, 0.3) is 0 Å². The Labute approximate surface area is 151 Å². The number of rotatable bonds is 7. The Kier molecular flexibility index (Phi) is 5.17. The number of halogens is 3. The molecule has 0 aliphatic heterocycles. The summed E-state index contributed by atoms with van der Waals surface area (Å²) in [6.07, 6.45) is -2.02. The number of carbonyl (C=O) groups is 2. The van der Waals surface area contributed by atoms with Gasteiger partial charge in [0.2, 0.25) is 5.91 Å². The lowest BCUT2D eigenvalue weighted by molar-refractivity contribution is -0.143. The van der Waals surface area contributed by atoms with Gasteiger partial charge in [-0.3, -0.25) is 4.79 Å². The largest absolute Gasteiger partial charge is 0.478 e. The van der Waals surface area contributed by atoms with Gasteiger partial charge < -0.3 is 15.2 Å². The first-order valence-corrected chi connectivity index (χ1v) is 8.12. The number of hydrogen-bond acceptors (Lipinski definition) is 4. The third kappa shape index (κ3) is 4.64. The quantitative estimate of drug-likeness (QED) is 0.767. The molecular formula is C17H16F3N3O4. The number of alkyl halides is 3. The summed E-state index contributed by atoms with van der Waals surface area (Å²) >= 11 is 0. The van der Waals surface area contributed by atoms with Crippen LogP contribution in [0.1, 0.15) is 28.9 Å².